The van der Waals surface area contributed by atoms with Crippen LogP contribution in [-0.4, -0.2) is 59.6 Å². The van der Waals surface area contributed by atoms with Gasteiger partial charge in [0.1, 0.15) is 11.5 Å². The minimum atomic E-state index is 0.0408. The standard InChI is InChI=1S/C23H28N4O4/c1-17-21(18(2)31-25-17)15-23(29)27-11-9-26(10-12-27)22(28)8-3-4-13-30-20-7-5-6-19(14-20)16-24/h5-7,14H,3-4,8-13,15H2,1-2H3. The number of piperazine rings is 1. The van der Waals surface area contributed by atoms with Crippen LogP contribution in [0.5, 0.6) is 5.75 Å². The molecule has 164 valence electrons. The zero-order chi connectivity index (χ0) is 22.2. The summed E-state index contributed by atoms with van der Waals surface area (Å²) in [6.07, 6.45) is 2.25. The normalized spacial score (nSPS) is 13.7. The third-order valence-corrected chi connectivity index (χ3v) is 5.51. The van der Waals surface area contributed by atoms with Crippen LogP contribution in [0.15, 0.2) is 28.8 Å². The third-order valence-electron chi connectivity index (χ3n) is 5.51. The van der Waals surface area contributed by atoms with E-state index in [9.17, 15) is 9.59 Å². The van der Waals surface area contributed by atoms with E-state index in [2.05, 4.69) is 11.2 Å². The Morgan fingerprint density at radius 2 is 1.84 bits per heavy atom. The Morgan fingerprint density at radius 1 is 1.13 bits per heavy atom. The Balaban J connectivity index is 1.33. The lowest BCUT2D eigenvalue weighted by molar-refractivity contribution is -0.139. The van der Waals surface area contributed by atoms with E-state index in [4.69, 9.17) is 14.5 Å². The molecule has 1 aliphatic heterocycles. The van der Waals surface area contributed by atoms with Crippen LogP contribution in [0.2, 0.25) is 0 Å². The first-order chi connectivity index (χ1) is 15.0. The lowest BCUT2D eigenvalue weighted by Crippen LogP contribution is -2.51. The van der Waals surface area contributed by atoms with Crippen molar-refractivity contribution in [2.45, 2.75) is 39.5 Å². The van der Waals surface area contributed by atoms with Crippen molar-refractivity contribution >= 4 is 11.8 Å². The average Bonchev–Trinajstić information content (AvgIpc) is 3.11. The lowest BCUT2D eigenvalue weighted by atomic mass is 10.1. The molecule has 1 fully saturated rings. The molecule has 1 aliphatic rings. The molecule has 3 rings (SSSR count). The van der Waals surface area contributed by atoms with Gasteiger partial charge in [-0.2, -0.15) is 5.26 Å². The van der Waals surface area contributed by atoms with Crippen molar-refractivity contribution in [1.29, 1.82) is 5.26 Å². The summed E-state index contributed by atoms with van der Waals surface area (Å²) in [6, 6.07) is 9.13. The maximum absolute atomic E-state index is 12.6. The molecule has 0 N–H and O–H groups in total. The van der Waals surface area contributed by atoms with Crippen LogP contribution in [0.4, 0.5) is 0 Å². The van der Waals surface area contributed by atoms with Gasteiger partial charge in [0.05, 0.1) is 30.4 Å². The number of carbonyl (C=O) groups is 2. The second-order valence-corrected chi connectivity index (χ2v) is 7.69. The van der Waals surface area contributed by atoms with E-state index in [1.807, 2.05) is 24.8 Å². The van der Waals surface area contributed by atoms with E-state index in [1.165, 1.54) is 0 Å². The van der Waals surface area contributed by atoms with Crippen molar-refractivity contribution in [1.82, 2.24) is 15.0 Å². The number of benzene rings is 1. The Hall–Kier alpha value is -3.34. The molecule has 1 aromatic carbocycles. The van der Waals surface area contributed by atoms with Gasteiger partial charge in [-0.1, -0.05) is 11.2 Å². The molecule has 2 aromatic rings. The molecule has 0 saturated carbocycles. The topological polar surface area (TPSA) is 99.7 Å². The number of unbranched alkanes of at least 4 members (excludes halogenated alkanes) is 1. The summed E-state index contributed by atoms with van der Waals surface area (Å²) in [5.41, 5.74) is 2.17. The fraction of sp³-hybridized carbons (Fsp3) is 0.478. The lowest BCUT2D eigenvalue weighted by Gasteiger charge is -2.35. The molecule has 1 aromatic heterocycles. The second kappa shape index (κ2) is 10.6. The predicted octanol–water partition coefficient (Wildman–Crippen LogP) is 2.63. The molecule has 0 unspecified atom stereocenters. The van der Waals surface area contributed by atoms with E-state index in [1.54, 1.807) is 23.1 Å². The molecule has 0 atom stereocenters. The highest BCUT2D eigenvalue weighted by atomic mass is 16.5. The summed E-state index contributed by atoms with van der Waals surface area (Å²) in [5, 5.41) is 12.8. The number of hydrogen-bond acceptors (Lipinski definition) is 6. The minimum Gasteiger partial charge on any atom is -0.494 e. The molecular formula is C23H28N4O4. The molecule has 1 saturated heterocycles. The Bertz CT molecular complexity index is 935. The number of aryl methyl sites for hydroxylation is 2. The molecule has 31 heavy (non-hydrogen) atoms. The van der Waals surface area contributed by atoms with Gasteiger partial charge in [0.2, 0.25) is 11.8 Å². The number of carbonyl (C=O) groups excluding carboxylic acids is 2. The van der Waals surface area contributed by atoms with E-state index >= 15 is 0 Å². The molecule has 0 aliphatic carbocycles. The van der Waals surface area contributed by atoms with E-state index in [-0.39, 0.29) is 18.2 Å². The summed E-state index contributed by atoms with van der Waals surface area (Å²) in [6.45, 7) is 6.37. The molecule has 0 bridgehead atoms. The van der Waals surface area contributed by atoms with Gasteiger partial charge >= 0.3 is 0 Å². The maximum atomic E-state index is 12.6. The van der Waals surface area contributed by atoms with Crippen LogP contribution in [-0.2, 0) is 16.0 Å². The van der Waals surface area contributed by atoms with Crippen molar-refractivity contribution in [3.8, 4) is 11.8 Å². The smallest absolute Gasteiger partial charge is 0.227 e. The van der Waals surface area contributed by atoms with Gasteiger partial charge in [0.25, 0.3) is 0 Å². The number of ether oxygens (including phenoxy) is 1. The largest absolute Gasteiger partial charge is 0.494 e. The van der Waals surface area contributed by atoms with Gasteiger partial charge in [-0.3, -0.25) is 9.59 Å². The fourth-order valence-electron chi connectivity index (χ4n) is 3.60. The van der Waals surface area contributed by atoms with E-state index in [0.717, 1.165) is 24.1 Å². The van der Waals surface area contributed by atoms with Gasteiger partial charge in [0.15, 0.2) is 0 Å². The quantitative estimate of drug-likeness (QED) is 0.604. The van der Waals surface area contributed by atoms with E-state index in [0.29, 0.717) is 56.3 Å². The number of aromatic nitrogens is 1. The minimum absolute atomic E-state index is 0.0408. The van der Waals surface area contributed by atoms with Crippen LogP contribution < -0.4 is 4.74 Å². The Morgan fingerprint density at radius 3 is 2.48 bits per heavy atom. The monoisotopic (exact) mass is 424 g/mol. The first-order valence-corrected chi connectivity index (χ1v) is 10.6. The van der Waals surface area contributed by atoms with Crippen LogP contribution in [0, 0.1) is 25.2 Å². The number of hydrogen-bond donors (Lipinski definition) is 0. The molecule has 8 nitrogen and oxygen atoms in total. The summed E-state index contributed by atoms with van der Waals surface area (Å²) in [4.78, 5) is 28.7. The van der Waals surface area contributed by atoms with Gasteiger partial charge in [-0.25, -0.2) is 0 Å². The summed E-state index contributed by atoms with van der Waals surface area (Å²) >= 11 is 0. The van der Waals surface area contributed by atoms with Crippen LogP contribution in [0.25, 0.3) is 0 Å². The van der Waals surface area contributed by atoms with Crippen molar-refractivity contribution in [3.05, 3.63) is 46.8 Å². The number of rotatable bonds is 8. The summed E-state index contributed by atoms with van der Waals surface area (Å²) in [7, 11) is 0. The highest BCUT2D eigenvalue weighted by Crippen LogP contribution is 2.16. The zero-order valence-corrected chi connectivity index (χ0v) is 18.1. The van der Waals surface area contributed by atoms with Crippen molar-refractivity contribution < 1.29 is 18.8 Å². The van der Waals surface area contributed by atoms with Gasteiger partial charge in [-0.05, 0) is 44.9 Å². The predicted molar refractivity (Wildman–Crippen MR) is 113 cm³/mol. The second-order valence-electron chi connectivity index (χ2n) is 7.69. The van der Waals surface area contributed by atoms with Crippen LogP contribution >= 0.6 is 0 Å². The molecular weight excluding hydrogens is 396 g/mol. The van der Waals surface area contributed by atoms with Crippen LogP contribution in [0.3, 0.4) is 0 Å². The molecule has 8 heteroatoms. The fourth-order valence-corrected chi connectivity index (χ4v) is 3.60. The molecule has 2 amide bonds. The van der Waals surface area contributed by atoms with Gasteiger partial charge < -0.3 is 19.1 Å². The zero-order valence-electron chi connectivity index (χ0n) is 18.1. The first kappa shape index (κ1) is 22.3. The van der Waals surface area contributed by atoms with Crippen molar-refractivity contribution in [2.24, 2.45) is 0 Å². The maximum Gasteiger partial charge on any atom is 0.227 e. The molecule has 0 radical (unpaired) electrons. The van der Waals surface area contributed by atoms with E-state index < -0.39 is 0 Å². The molecule has 0 spiro atoms. The molecule has 2 heterocycles. The van der Waals surface area contributed by atoms with Gasteiger partial charge in [-0.15, -0.1) is 0 Å². The summed E-state index contributed by atoms with van der Waals surface area (Å²) < 4.78 is 10.8. The average molecular weight is 425 g/mol. The highest BCUT2D eigenvalue weighted by Gasteiger charge is 2.25. The van der Waals surface area contributed by atoms with Crippen LogP contribution in [0.1, 0.15) is 41.8 Å². The first-order valence-electron chi connectivity index (χ1n) is 10.6. The van der Waals surface area contributed by atoms with Gasteiger partial charge in [0, 0.05) is 38.2 Å². The number of amides is 2. The summed E-state index contributed by atoms with van der Waals surface area (Å²) in [5.74, 6) is 1.51. The Kier molecular flexibility index (Phi) is 7.65. The van der Waals surface area contributed by atoms with Crippen molar-refractivity contribution in [3.63, 3.8) is 0 Å². The number of nitriles is 1. The highest BCUT2D eigenvalue weighted by molar-refractivity contribution is 5.80. The number of nitrogens with zero attached hydrogens (tertiary/aromatic N) is 4. The Labute approximate surface area is 182 Å². The third kappa shape index (κ3) is 6.07. The SMILES string of the molecule is Cc1noc(C)c1CC(=O)N1CCN(C(=O)CCCCOc2cccc(C#N)c2)CC1. The van der Waals surface area contributed by atoms with Crippen molar-refractivity contribution in [2.75, 3.05) is 32.8 Å².